The summed E-state index contributed by atoms with van der Waals surface area (Å²) >= 11 is 0. The molecule has 0 aromatic heterocycles. The molecule has 0 saturated heterocycles. The minimum absolute atomic E-state index is 0.300. The summed E-state index contributed by atoms with van der Waals surface area (Å²) in [4.78, 5) is 0. The summed E-state index contributed by atoms with van der Waals surface area (Å²) in [6.45, 7) is 10.7. The minimum atomic E-state index is 0.300. The van der Waals surface area contributed by atoms with E-state index < -0.39 is 0 Å². The van der Waals surface area contributed by atoms with E-state index in [0.717, 1.165) is 31.0 Å². The van der Waals surface area contributed by atoms with Crippen LogP contribution >= 0.6 is 0 Å². The Hall–Kier alpha value is -1.18. The molecule has 0 atom stereocenters. The SMILES string of the molecule is CCCCCCOc1ccc(NCC(C)(C)C)cc1. The van der Waals surface area contributed by atoms with Gasteiger partial charge in [0.15, 0.2) is 0 Å². The van der Waals surface area contributed by atoms with E-state index in [1.807, 2.05) is 12.1 Å². The summed E-state index contributed by atoms with van der Waals surface area (Å²) in [6.07, 6.45) is 4.99. The molecule has 0 aliphatic rings. The van der Waals surface area contributed by atoms with Gasteiger partial charge in [-0.2, -0.15) is 0 Å². The lowest BCUT2D eigenvalue weighted by Crippen LogP contribution is -2.18. The van der Waals surface area contributed by atoms with E-state index in [1.165, 1.54) is 19.3 Å². The molecule has 1 aromatic carbocycles. The Morgan fingerprint density at radius 2 is 1.68 bits per heavy atom. The highest BCUT2D eigenvalue weighted by Crippen LogP contribution is 2.19. The molecule has 0 amide bonds. The van der Waals surface area contributed by atoms with E-state index in [2.05, 4.69) is 45.1 Å². The average molecular weight is 263 g/mol. The Labute approximate surface area is 118 Å². The van der Waals surface area contributed by atoms with E-state index in [4.69, 9.17) is 4.74 Å². The molecule has 0 saturated carbocycles. The van der Waals surface area contributed by atoms with Crippen molar-refractivity contribution in [3.8, 4) is 5.75 Å². The molecule has 0 unspecified atom stereocenters. The van der Waals surface area contributed by atoms with Crippen LogP contribution in [0.15, 0.2) is 24.3 Å². The van der Waals surface area contributed by atoms with Crippen LogP contribution in [0.2, 0.25) is 0 Å². The first-order chi connectivity index (χ1) is 9.01. The van der Waals surface area contributed by atoms with Gasteiger partial charge in [0.25, 0.3) is 0 Å². The highest BCUT2D eigenvalue weighted by Gasteiger charge is 2.09. The molecule has 1 N–H and O–H groups in total. The summed E-state index contributed by atoms with van der Waals surface area (Å²) in [5, 5.41) is 3.44. The smallest absolute Gasteiger partial charge is 0.119 e. The Morgan fingerprint density at radius 1 is 1.00 bits per heavy atom. The maximum Gasteiger partial charge on any atom is 0.119 e. The van der Waals surface area contributed by atoms with Crippen LogP contribution in [-0.2, 0) is 0 Å². The van der Waals surface area contributed by atoms with Crippen molar-refractivity contribution in [1.82, 2.24) is 0 Å². The van der Waals surface area contributed by atoms with Gasteiger partial charge < -0.3 is 10.1 Å². The molecule has 2 heteroatoms. The highest BCUT2D eigenvalue weighted by molar-refractivity contribution is 5.46. The third kappa shape index (κ3) is 7.76. The monoisotopic (exact) mass is 263 g/mol. The van der Waals surface area contributed by atoms with Gasteiger partial charge in [-0.25, -0.2) is 0 Å². The fraction of sp³-hybridized carbons (Fsp3) is 0.647. The van der Waals surface area contributed by atoms with Gasteiger partial charge in [-0.1, -0.05) is 47.0 Å². The summed E-state index contributed by atoms with van der Waals surface area (Å²) in [7, 11) is 0. The van der Waals surface area contributed by atoms with Crippen molar-refractivity contribution in [3.05, 3.63) is 24.3 Å². The number of unbranched alkanes of at least 4 members (excludes halogenated alkanes) is 3. The fourth-order valence-electron chi connectivity index (χ4n) is 1.76. The van der Waals surface area contributed by atoms with Crippen LogP contribution < -0.4 is 10.1 Å². The van der Waals surface area contributed by atoms with Gasteiger partial charge in [0.1, 0.15) is 5.75 Å². The lowest BCUT2D eigenvalue weighted by Gasteiger charge is -2.19. The van der Waals surface area contributed by atoms with Crippen LogP contribution in [0.3, 0.4) is 0 Å². The molecule has 0 aliphatic carbocycles. The second-order valence-corrected chi connectivity index (χ2v) is 6.35. The molecule has 19 heavy (non-hydrogen) atoms. The number of nitrogens with one attached hydrogen (secondary N) is 1. The fourth-order valence-corrected chi connectivity index (χ4v) is 1.76. The van der Waals surface area contributed by atoms with Gasteiger partial charge in [0, 0.05) is 12.2 Å². The first kappa shape index (κ1) is 15.9. The zero-order valence-corrected chi connectivity index (χ0v) is 13.0. The molecule has 0 heterocycles. The molecule has 0 spiro atoms. The van der Waals surface area contributed by atoms with Gasteiger partial charge in [-0.3, -0.25) is 0 Å². The van der Waals surface area contributed by atoms with Crippen LogP contribution in [-0.4, -0.2) is 13.2 Å². The van der Waals surface area contributed by atoms with Crippen molar-refractivity contribution in [2.75, 3.05) is 18.5 Å². The largest absolute Gasteiger partial charge is 0.494 e. The predicted octanol–water partition coefficient (Wildman–Crippen LogP) is 5.10. The van der Waals surface area contributed by atoms with Crippen LogP contribution in [0.4, 0.5) is 5.69 Å². The number of ether oxygens (including phenoxy) is 1. The summed E-state index contributed by atoms with van der Waals surface area (Å²) in [5.41, 5.74) is 1.46. The first-order valence-corrected chi connectivity index (χ1v) is 7.48. The molecule has 0 bridgehead atoms. The topological polar surface area (TPSA) is 21.3 Å². The van der Waals surface area contributed by atoms with Crippen LogP contribution in [0, 0.1) is 5.41 Å². The normalized spacial score (nSPS) is 11.4. The highest BCUT2D eigenvalue weighted by atomic mass is 16.5. The molecule has 108 valence electrons. The van der Waals surface area contributed by atoms with Crippen molar-refractivity contribution in [3.63, 3.8) is 0 Å². The summed E-state index contributed by atoms with van der Waals surface area (Å²) < 4.78 is 5.73. The molecule has 1 aromatic rings. The molecular formula is C17H29NO. The molecule has 1 rings (SSSR count). The van der Waals surface area contributed by atoms with Crippen molar-refractivity contribution >= 4 is 5.69 Å². The summed E-state index contributed by atoms with van der Waals surface area (Å²) in [6, 6.07) is 8.27. The number of anilines is 1. The van der Waals surface area contributed by atoms with Gasteiger partial charge in [0.05, 0.1) is 6.61 Å². The lowest BCUT2D eigenvalue weighted by atomic mass is 9.97. The van der Waals surface area contributed by atoms with E-state index in [1.54, 1.807) is 0 Å². The van der Waals surface area contributed by atoms with Crippen molar-refractivity contribution < 1.29 is 4.74 Å². The van der Waals surface area contributed by atoms with Gasteiger partial charge in [0.2, 0.25) is 0 Å². The predicted molar refractivity (Wildman–Crippen MR) is 84.0 cm³/mol. The van der Waals surface area contributed by atoms with Crippen molar-refractivity contribution in [1.29, 1.82) is 0 Å². The number of benzene rings is 1. The van der Waals surface area contributed by atoms with Crippen LogP contribution in [0.5, 0.6) is 5.75 Å². The average Bonchev–Trinajstić information content (AvgIpc) is 2.37. The zero-order valence-electron chi connectivity index (χ0n) is 13.0. The van der Waals surface area contributed by atoms with Crippen molar-refractivity contribution in [2.24, 2.45) is 5.41 Å². The second kappa shape index (κ2) is 8.08. The van der Waals surface area contributed by atoms with Crippen LogP contribution in [0.1, 0.15) is 53.4 Å². The van der Waals surface area contributed by atoms with E-state index in [0.29, 0.717) is 5.41 Å². The molecule has 2 nitrogen and oxygen atoms in total. The summed E-state index contributed by atoms with van der Waals surface area (Å²) in [5.74, 6) is 0.970. The maximum atomic E-state index is 5.73. The van der Waals surface area contributed by atoms with E-state index >= 15 is 0 Å². The third-order valence-corrected chi connectivity index (χ3v) is 2.94. The first-order valence-electron chi connectivity index (χ1n) is 7.48. The number of rotatable bonds is 8. The maximum absolute atomic E-state index is 5.73. The van der Waals surface area contributed by atoms with E-state index in [-0.39, 0.29) is 0 Å². The second-order valence-electron chi connectivity index (χ2n) is 6.35. The number of hydrogen-bond acceptors (Lipinski definition) is 2. The van der Waals surface area contributed by atoms with Gasteiger partial charge in [-0.05, 0) is 36.1 Å². The Balaban J connectivity index is 2.27. The Bertz CT molecular complexity index is 337. The quantitative estimate of drug-likeness (QED) is 0.658. The third-order valence-electron chi connectivity index (χ3n) is 2.94. The van der Waals surface area contributed by atoms with Gasteiger partial charge >= 0.3 is 0 Å². The molecule has 0 fully saturated rings. The number of hydrogen-bond donors (Lipinski definition) is 1. The molecular weight excluding hydrogens is 234 g/mol. The Kier molecular flexibility index (Phi) is 6.75. The van der Waals surface area contributed by atoms with Crippen molar-refractivity contribution in [2.45, 2.75) is 53.4 Å². The zero-order chi connectivity index (χ0) is 14.1. The standard InChI is InChI=1S/C17H29NO/c1-5-6-7-8-13-19-16-11-9-15(10-12-16)18-14-17(2,3)4/h9-12,18H,5-8,13-14H2,1-4H3. The van der Waals surface area contributed by atoms with Gasteiger partial charge in [-0.15, -0.1) is 0 Å². The minimum Gasteiger partial charge on any atom is -0.494 e. The molecule has 0 aliphatic heterocycles. The molecule has 0 radical (unpaired) electrons. The van der Waals surface area contributed by atoms with E-state index in [9.17, 15) is 0 Å². The van der Waals surface area contributed by atoms with Crippen LogP contribution in [0.25, 0.3) is 0 Å². The lowest BCUT2D eigenvalue weighted by molar-refractivity contribution is 0.305. The Morgan fingerprint density at radius 3 is 2.26 bits per heavy atom.